The second kappa shape index (κ2) is 6.25. The first kappa shape index (κ1) is 12.7. The van der Waals surface area contributed by atoms with E-state index in [1.807, 2.05) is 37.4 Å². The average Bonchev–Trinajstić information content (AvgIpc) is 2.35. The Balaban J connectivity index is 2.60. The number of nitrogens with two attached hydrogens (primary N) is 1. The SMILES string of the molecule is CNCCN(C)C(=O)[C@H](N)c1ccccc1. The van der Waals surface area contributed by atoms with E-state index in [1.54, 1.807) is 11.9 Å². The van der Waals surface area contributed by atoms with E-state index >= 15 is 0 Å². The molecular formula is C12H19N3O. The molecule has 3 N–H and O–H groups in total. The molecule has 1 rings (SSSR count). The molecule has 0 aliphatic carbocycles. The van der Waals surface area contributed by atoms with Crippen LogP contribution in [0.1, 0.15) is 11.6 Å². The van der Waals surface area contributed by atoms with Gasteiger partial charge in [0.1, 0.15) is 6.04 Å². The number of amides is 1. The first-order chi connectivity index (χ1) is 7.66. The van der Waals surface area contributed by atoms with Crippen molar-refractivity contribution in [3.05, 3.63) is 35.9 Å². The maximum absolute atomic E-state index is 11.9. The zero-order valence-electron chi connectivity index (χ0n) is 9.81. The van der Waals surface area contributed by atoms with Gasteiger partial charge in [-0.05, 0) is 12.6 Å². The minimum absolute atomic E-state index is 0.0542. The van der Waals surface area contributed by atoms with E-state index in [0.717, 1.165) is 12.1 Å². The van der Waals surface area contributed by atoms with Crippen LogP contribution >= 0.6 is 0 Å². The fraction of sp³-hybridized carbons (Fsp3) is 0.417. The fourth-order valence-electron chi connectivity index (χ4n) is 1.43. The molecule has 0 aromatic heterocycles. The van der Waals surface area contributed by atoms with Crippen LogP contribution in [-0.4, -0.2) is 38.0 Å². The molecule has 4 nitrogen and oxygen atoms in total. The number of likely N-dealkylation sites (N-methyl/N-ethyl adjacent to an activating group) is 2. The summed E-state index contributed by atoms with van der Waals surface area (Å²) in [6.45, 7) is 1.43. The summed E-state index contributed by atoms with van der Waals surface area (Å²) >= 11 is 0. The molecule has 0 saturated heterocycles. The normalized spacial score (nSPS) is 12.2. The van der Waals surface area contributed by atoms with E-state index in [-0.39, 0.29) is 5.91 Å². The minimum Gasteiger partial charge on any atom is -0.343 e. The lowest BCUT2D eigenvalue weighted by Crippen LogP contribution is -2.39. The Bertz CT molecular complexity index is 326. The summed E-state index contributed by atoms with van der Waals surface area (Å²) in [5, 5.41) is 3.00. The number of carbonyl (C=O) groups is 1. The number of nitrogens with one attached hydrogen (secondary N) is 1. The molecule has 0 aliphatic rings. The van der Waals surface area contributed by atoms with Crippen LogP contribution in [-0.2, 0) is 4.79 Å². The molecule has 88 valence electrons. The van der Waals surface area contributed by atoms with Crippen LogP contribution < -0.4 is 11.1 Å². The highest BCUT2D eigenvalue weighted by Gasteiger charge is 2.18. The van der Waals surface area contributed by atoms with Crippen LogP contribution in [0.2, 0.25) is 0 Å². The summed E-state index contributed by atoms with van der Waals surface area (Å²) in [7, 11) is 3.62. The van der Waals surface area contributed by atoms with Gasteiger partial charge in [0.05, 0.1) is 0 Å². The van der Waals surface area contributed by atoms with Crippen LogP contribution in [0.5, 0.6) is 0 Å². The summed E-state index contributed by atoms with van der Waals surface area (Å²) in [6.07, 6.45) is 0. The maximum atomic E-state index is 11.9. The van der Waals surface area contributed by atoms with Gasteiger partial charge in [-0.2, -0.15) is 0 Å². The van der Waals surface area contributed by atoms with Gasteiger partial charge in [0.15, 0.2) is 0 Å². The Kier molecular flexibility index (Phi) is 4.95. The van der Waals surface area contributed by atoms with Gasteiger partial charge in [0.2, 0.25) is 5.91 Å². The number of benzene rings is 1. The smallest absolute Gasteiger partial charge is 0.243 e. The molecule has 1 atom stereocenters. The van der Waals surface area contributed by atoms with Gasteiger partial charge in [0.25, 0.3) is 0 Å². The summed E-state index contributed by atoms with van der Waals surface area (Å²) in [4.78, 5) is 13.6. The monoisotopic (exact) mass is 221 g/mol. The second-order valence-corrected chi connectivity index (χ2v) is 3.75. The predicted molar refractivity (Wildman–Crippen MR) is 64.9 cm³/mol. The Morgan fingerprint density at radius 3 is 2.62 bits per heavy atom. The van der Waals surface area contributed by atoms with Crippen molar-refractivity contribution in [2.24, 2.45) is 5.73 Å². The summed E-state index contributed by atoms with van der Waals surface area (Å²) in [6, 6.07) is 8.85. The third-order valence-corrected chi connectivity index (χ3v) is 2.50. The third kappa shape index (κ3) is 3.32. The summed E-state index contributed by atoms with van der Waals surface area (Å²) in [5.74, 6) is -0.0542. The van der Waals surface area contributed by atoms with Crippen molar-refractivity contribution in [1.29, 1.82) is 0 Å². The van der Waals surface area contributed by atoms with Gasteiger partial charge < -0.3 is 16.0 Å². The molecule has 0 saturated carbocycles. The zero-order valence-corrected chi connectivity index (χ0v) is 9.81. The first-order valence-electron chi connectivity index (χ1n) is 5.37. The molecule has 0 unspecified atom stereocenters. The Labute approximate surface area is 96.4 Å². The van der Waals surface area contributed by atoms with Gasteiger partial charge in [-0.25, -0.2) is 0 Å². The van der Waals surface area contributed by atoms with E-state index in [9.17, 15) is 4.79 Å². The standard InChI is InChI=1S/C12H19N3O/c1-14-8-9-15(2)12(16)11(13)10-6-4-3-5-7-10/h3-7,11,14H,8-9,13H2,1-2H3/t11-/m1/s1. The summed E-state index contributed by atoms with van der Waals surface area (Å²) in [5.41, 5.74) is 6.75. The van der Waals surface area contributed by atoms with Gasteiger partial charge >= 0.3 is 0 Å². The molecule has 0 heterocycles. The number of hydrogen-bond acceptors (Lipinski definition) is 3. The van der Waals surface area contributed by atoms with Gasteiger partial charge in [0, 0.05) is 20.1 Å². The molecule has 16 heavy (non-hydrogen) atoms. The van der Waals surface area contributed by atoms with Crippen LogP contribution in [0, 0.1) is 0 Å². The Morgan fingerprint density at radius 2 is 2.06 bits per heavy atom. The minimum atomic E-state index is -0.567. The zero-order chi connectivity index (χ0) is 12.0. The van der Waals surface area contributed by atoms with Crippen LogP contribution in [0.3, 0.4) is 0 Å². The molecule has 0 aliphatic heterocycles. The quantitative estimate of drug-likeness (QED) is 0.755. The van der Waals surface area contributed by atoms with Crippen molar-refractivity contribution in [3.8, 4) is 0 Å². The molecular weight excluding hydrogens is 202 g/mol. The molecule has 1 amide bonds. The van der Waals surface area contributed by atoms with E-state index in [0.29, 0.717) is 6.54 Å². The fourth-order valence-corrected chi connectivity index (χ4v) is 1.43. The lowest BCUT2D eigenvalue weighted by atomic mass is 10.1. The number of nitrogens with zero attached hydrogens (tertiary/aromatic N) is 1. The van der Waals surface area contributed by atoms with Crippen LogP contribution in [0.4, 0.5) is 0 Å². The molecule has 0 bridgehead atoms. The van der Waals surface area contributed by atoms with Crippen LogP contribution in [0.25, 0.3) is 0 Å². The second-order valence-electron chi connectivity index (χ2n) is 3.75. The van der Waals surface area contributed by atoms with Crippen LogP contribution in [0.15, 0.2) is 30.3 Å². The third-order valence-electron chi connectivity index (χ3n) is 2.50. The van der Waals surface area contributed by atoms with Crippen molar-refractivity contribution >= 4 is 5.91 Å². The van der Waals surface area contributed by atoms with Crippen molar-refractivity contribution in [1.82, 2.24) is 10.2 Å². The lowest BCUT2D eigenvalue weighted by Gasteiger charge is -2.21. The van der Waals surface area contributed by atoms with Gasteiger partial charge in [-0.3, -0.25) is 4.79 Å². The number of rotatable bonds is 5. The van der Waals surface area contributed by atoms with Crippen molar-refractivity contribution in [2.75, 3.05) is 27.2 Å². The van der Waals surface area contributed by atoms with Gasteiger partial charge in [-0.15, -0.1) is 0 Å². The van der Waals surface area contributed by atoms with Crippen molar-refractivity contribution < 1.29 is 4.79 Å². The highest BCUT2D eigenvalue weighted by atomic mass is 16.2. The van der Waals surface area contributed by atoms with Gasteiger partial charge in [-0.1, -0.05) is 30.3 Å². The molecule has 0 fully saturated rings. The first-order valence-corrected chi connectivity index (χ1v) is 5.37. The highest BCUT2D eigenvalue weighted by molar-refractivity contribution is 5.82. The Hall–Kier alpha value is -1.39. The molecule has 0 radical (unpaired) electrons. The van der Waals surface area contributed by atoms with E-state index < -0.39 is 6.04 Å². The summed E-state index contributed by atoms with van der Waals surface area (Å²) < 4.78 is 0. The Morgan fingerprint density at radius 1 is 1.44 bits per heavy atom. The average molecular weight is 221 g/mol. The number of hydrogen-bond donors (Lipinski definition) is 2. The van der Waals surface area contributed by atoms with E-state index in [4.69, 9.17) is 5.73 Å². The molecule has 4 heteroatoms. The lowest BCUT2D eigenvalue weighted by molar-refractivity contribution is -0.131. The molecule has 1 aromatic carbocycles. The van der Waals surface area contributed by atoms with E-state index in [1.165, 1.54) is 0 Å². The molecule has 1 aromatic rings. The topological polar surface area (TPSA) is 58.4 Å². The van der Waals surface area contributed by atoms with E-state index in [2.05, 4.69) is 5.32 Å². The van der Waals surface area contributed by atoms with Crippen molar-refractivity contribution in [2.45, 2.75) is 6.04 Å². The maximum Gasteiger partial charge on any atom is 0.243 e. The highest BCUT2D eigenvalue weighted by Crippen LogP contribution is 2.11. The number of carbonyl (C=O) groups excluding carboxylic acids is 1. The molecule has 0 spiro atoms. The van der Waals surface area contributed by atoms with Crippen molar-refractivity contribution in [3.63, 3.8) is 0 Å². The largest absolute Gasteiger partial charge is 0.343 e. The predicted octanol–water partition coefficient (Wildman–Crippen LogP) is 0.364.